The Labute approximate surface area is 151 Å². The summed E-state index contributed by atoms with van der Waals surface area (Å²) in [5.74, 6) is 0.553. The Balaban J connectivity index is 1.85. The number of hydrogen-bond donors (Lipinski definition) is 2. The van der Waals surface area contributed by atoms with Gasteiger partial charge in [-0.15, -0.1) is 10.2 Å². The third-order valence-corrected chi connectivity index (χ3v) is 5.44. The van der Waals surface area contributed by atoms with Crippen molar-refractivity contribution in [2.45, 2.75) is 43.3 Å². The Bertz CT molecular complexity index is 645. The van der Waals surface area contributed by atoms with Crippen molar-refractivity contribution in [3.63, 3.8) is 0 Å². The van der Waals surface area contributed by atoms with E-state index >= 15 is 0 Å². The minimum absolute atomic E-state index is 0.00300. The fourth-order valence-electron chi connectivity index (χ4n) is 1.98. The van der Waals surface area contributed by atoms with Crippen molar-refractivity contribution in [1.29, 1.82) is 0 Å². The Morgan fingerprint density at radius 1 is 1.17 bits per heavy atom. The van der Waals surface area contributed by atoms with Gasteiger partial charge in [0.25, 0.3) is 0 Å². The number of aromatic nitrogens is 2. The Morgan fingerprint density at radius 3 is 2.54 bits per heavy atom. The van der Waals surface area contributed by atoms with Gasteiger partial charge in [0.1, 0.15) is 0 Å². The van der Waals surface area contributed by atoms with Crippen LogP contribution in [-0.2, 0) is 4.79 Å². The molecular weight excluding hydrogens is 340 g/mol. The molecule has 0 aliphatic rings. The van der Waals surface area contributed by atoms with Crippen LogP contribution in [0.3, 0.4) is 0 Å². The summed E-state index contributed by atoms with van der Waals surface area (Å²) in [6.45, 7) is 9.03. The van der Waals surface area contributed by atoms with E-state index in [1.807, 2.05) is 44.2 Å². The Kier molecular flexibility index (Phi) is 7.05. The number of carbonyl (C=O) groups excluding carboxylic acids is 1. The van der Waals surface area contributed by atoms with Crippen molar-refractivity contribution in [1.82, 2.24) is 15.5 Å². The summed E-state index contributed by atoms with van der Waals surface area (Å²) in [7, 11) is 0. The van der Waals surface area contributed by atoms with Crippen LogP contribution in [0.4, 0.5) is 5.13 Å². The molecule has 5 nitrogen and oxygen atoms in total. The average Bonchev–Trinajstić information content (AvgIpc) is 3.01. The molecule has 7 heteroatoms. The number of hydrogen-bond acceptors (Lipinski definition) is 6. The predicted octanol–water partition coefficient (Wildman–Crippen LogP) is 3.96. The molecule has 24 heavy (non-hydrogen) atoms. The summed E-state index contributed by atoms with van der Waals surface area (Å²) < 4.78 is 0.802. The highest BCUT2D eigenvalue weighted by atomic mass is 32.2. The molecule has 0 fully saturated rings. The van der Waals surface area contributed by atoms with E-state index in [-0.39, 0.29) is 17.2 Å². The number of carbonyl (C=O) groups is 1. The summed E-state index contributed by atoms with van der Waals surface area (Å²) in [5.41, 5.74) is 1.10. The van der Waals surface area contributed by atoms with Gasteiger partial charge in [-0.1, -0.05) is 67.3 Å². The van der Waals surface area contributed by atoms with Crippen LogP contribution in [0.25, 0.3) is 0 Å². The lowest BCUT2D eigenvalue weighted by molar-refractivity contribution is -0.120. The third-order valence-electron chi connectivity index (χ3n) is 3.37. The highest BCUT2D eigenvalue weighted by Gasteiger charge is 2.19. The first-order valence-corrected chi connectivity index (χ1v) is 9.74. The normalized spacial score (nSPS) is 13.5. The van der Waals surface area contributed by atoms with Crippen LogP contribution in [0.5, 0.6) is 0 Å². The molecule has 1 amide bonds. The SMILES string of the molecule is CC(C)CNc1nnc(SC(C)C(=O)NC(C)c2ccccc2)s1. The summed E-state index contributed by atoms with van der Waals surface area (Å²) in [6, 6.07) is 9.93. The second-order valence-electron chi connectivity index (χ2n) is 6.05. The van der Waals surface area contributed by atoms with Crippen LogP contribution in [-0.4, -0.2) is 27.9 Å². The van der Waals surface area contributed by atoms with E-state index in [0.29, 0.717) is 5.92 Å². The molecule has 0 aliphatic heterocycles. The maximum atomic E-state index is 12.4. The molecule has 0 radical (unpaired) electrons. The van der Waals surface area contributed by atoms with Crippen molar-refractivity contribution >= 4 is 34.1 Å². The van der Waals surface area contributed by atoms with Crippen LogP contribution in [0.2, 0.25) is 0 Å². The van der Waals surface area contributed by atoms with Crippen LogP contribution >= 0.6 is 23.1 Å². The number of anilines is 1. The van der Waals surface area contributed by atoms with Gasteiger partial charge in [0.05, 0.1) is 11.3 Å². The lowest BCUT2D eigenvalue weighted by Crippen LogP contribution is -2.33. The van der Waals surface area contributed by atoms with Gasteiger partial charge in [-0.25, -0.2) is 0 Å². The molecule has 1 heterocycles. The molecule has 2 rings (SSSR count). The molecule has 2 aromatic rings. The maximum Gasteiger partial charge on any atom is 0.233 e. The van der Waals surface area contributed by atoms with E-state index in [9.17, 15) is 4.79 Å². The zero-order valence-electron chi connectivity index (χ0n) is 14.4. The maximum absolute atomic E-state index is 12.4. The number of nitrogens with zero attached hydrogens (tertiary/aromatic N) is 2. The molecule has 0 saturated carbocycles. The van der Waals surface area contributed by atoms with E-state index in [0.717, 1.165) is 21.6 Å². The van der Waals surface area contributed by atoms with Crippen LogP contribution in [0.1, 0.15) is 39.3 Å². The molecule has 0 bridgehead atoms. The Hall–Kier alpha value is -1.60. The minimum Gasteiger partial charge on any atom is -0.360 e. The standard InChI is InChI=1S/C17H24N4OS2/c1-11(2)10-18-16-20-21-17(24-16)23-13(4)15(22)19-12(3)14-8-6-5-7-9-14/h5-9,11-13H,10H2,1-4H3,(H,18,20)(H,19,22). The lowest BCUT2D eigenvalue weighted by atomic mass is 10.1. The number of rotatable bonds is 8. The highest BCUT2D eigenvalue weighted by molar-refractivity contribution is 8.02. The van der Waals surface area contributed by atoms with E-state index in [1.54, 1.807) is 0 Å². The van der Waals surface area contributed by atoms with Crippen LogP contribution in [0.15, 0.2) is 34.7 Å². The van der Waals surface area contributed by atoms with Crippen molar-refractivity contribution in [2.75, 3.05) is 11.9 Å². The van der Waals surface area contributed by atoms with Crippen molar-refractivity contribution < 1.29 is 4.79 Å². The van der Waals surface area contributed by atoms with Gasteiger partial charge < -0.3 is 10.6 Å². The molecule has 2 N–H and O–H groups in total. The predicted molar refractivity (Wildman–Crippen MR) is 102 cm³/mol. The first-order valence-electron chi connectivity index (χ1n) is 8.05. The second kappa shape index (κ2) is 9.03. The first-order chi connectivity index (χ1) is 11.5. The van der Waals surface area contributed by atoms with Gasteiger partial charge in [-0.05, 0) is 25.3 Å². The Morgan fingerprint density at radius 2 is 1.88 bits per heavy atom. The number of amides is 1. The van der Waals surface area contributed by atoms with E-state index in [2.05, 4.69) is 34.7 Å². The molecule has 2 unspecified atom stereocenters. The van der Waals surface area contributed by atoms with Gasteiger partial charge in [-0.3, -0.25) is 4.79 Å². The lowest BCUT2D eigenvalue weighted by Gasteiger charge is -2.17. The van der Waals surface area contributed by atoms with E-state index < -0.39 is 0 Å². The average molecular weight is 365 g/mol. The second-order valence-corrected chi connectivity index (χ2v) is 8.61. The zero-order valence-corrected chi connectivity index (χ0v) is 16.1. The molecule has 0 saturated heterocycles. The summed E-state index contributed by atoms with van der Waals surface area (Å²) in [4.78, 5) is 12.4. The quantitative estimate of drug-likeness (QED) is 0.694. The molecule has 130 valence electrons. The summed E-state index contributed by atoms with van der Waals surface area (Å²) in [6.07, 6.45) is 0. The van der Waals surface area contributed by atoms with E-state index in [1.165, 1.54) is 23.1 Å². The molecule has 1 aromatic carbocycles. The third kappa shape index (κ3) is 5.79. The van der Waals surface area contributed by atoms with E-state index in [4.69, 9.17) is 0 Å². The largest absolute Gasteiger partial charge is 0.360 e. The number of thioether (sulfide) groups is 1. The van der Waals surface area contributed by atoms with Crippen molar-refractivity contribution in [3.8, 4) is 0 Å². The minimum atomic E-state index is -0.220. The molecule has 1 aromatic heterocycles. The van der Waals surface area contributed by atoms with Gasteiger partial charge in [-0.2, -0.15) is 0 Å². The van der Waals surface area contributed by atoms with Crippen molar-refractivity contribution in [3.05, 3.63) is 35.9 Å². The topological polar surface area (TPSA) is 66.9 Å². The first kappa shape index (κ1) is 18.7. The van der Waals surface area contributed by atoms with Crippen LogP contribution < -0.4 is 10.6 Å². The molecular formula is C17H24N4OS2. The molecule has 0 aliphatic carbocycles. The summed E-state index contributed by atoms with van der Waals surface area (Å²) in [5, 5.41) is 15.1. The monoisotopic (exact) mass is 364 g/mol. The van der Waals surface area contributed by atoms with Crippen molar-refractivity contribution in [2.24, 2.45) is 5.92 Å². The highest BCUT2D eigenvalue weighted by Crippen LogP contribution is 2.29. The van der Waals surface area contributed by atoms with Gasteiger partial charge in [0.2, 0.25) is 11.0 Å². The number of benzene rings is 1. The number of nitrogens with one attached hydrogen (secondary N) is 2. The van der Waals surface area contributed by atoms with Gasteiger partial charge in [0.15, 0.2) is 4.34 Å². The molecule has 2 atom stereocenters. The zero-order chi connectivity index (χ0) is 17.5. The fourth-order valence-corrected chi connectivity index (χ4v) is 3.89. The fraction of sp³-hybridized carbons (Fsp3) is 0.471. The van der Waals surface area contributed by atoms with Gasteiger partial charge in [0, 0.05) is 6.54 Å². The van der Waals surface area contributed by atoms with Gasteiger partial charge >= 0.3 is 0 Å². The van der Waals surface area contributed by atoms with Crippen LogP contribution in [0, 0.1) is 5.92 Å². The summed E-state index contributed by atoms with van der Waals surface area (Å²) >= 11 is 2.92. The smallest absolute Gasteiger partial charge is 0.233 e. The molecule has 0 spiro atoms.